The van der Waals surface area contributed by atoms with Gasteiger partial charge in [-0.3, -0.25) is 4.72 Å². The van der Waals surface area contributed by atoms with Gasteiger partial charge in [0.25, 0.3) is 10.0 Å². The lowest BCUT2D eigenvalue weighted by molar-refractivity contribution is 0.242. The van der Waals surface area contributed by atoms with Crippen LogP contribution in [0.4, 0.5) is 5.69 Å². The van der Waals surface area contributed by atoms with Gasteiger partial charge >= 0.3 is 0 Å². The third-order valence-electron chi connectivity index (χ3n) is 3.59. The maximum atomic E-state index is 12.5. The highest BCUT2D eigenvalue weighted by atomic mass is 32.2. The molecule has 3 rings (SSSR count). The number of hydrogen-bond donors (Lipinski definition) is 1. The fourth-order valence-electron chi connectivity index (χ4n) is 2.40. The predicted octanol–water partition coefficient (Wildman–Crippen LogP) is 5.07. The molecule has 5 nitrogen and oxygen atoms in total. The first-order valence-corrected chi connectivity index (χ1v) is 10.0. The van der Waals surface area contributed by atoms with Crippen molar-refractivity contribution in [3.8, 4) is 17.2 Å². The second-order valence-corrected chi connectivity index (χ2v) is 7.87. The second-order valence-electron chi connectivity index (χ2n) is 6.18. The molecule has 0 unspecified atom stereocenters. The van der Waals surface area contributed by atoms with Crippen LogP contribution in [0.2, 0.25) is 0 Å². The fraction of sp³-hybridized carbons (Fsp3) is 0.143. The van der Waals surface area contributed by atoms with E-state index in [2.05, 4.69) is 4.72 Å². The number of nitrogens with one attached hydrogen (secondary N) is 1. The quantitative estimate of drug-likeness (QED) is 0.619. The van der Waals surface area contributed by atoms with Gasteiger partial charge in [-0.25, -0.2) is 8.42 Å². The Bertz CT molecular complexity index is 967. The molecule has 0 saturated heterocycles. The number of rotatable bonds is 7. The molecule has 0 fully saturated rings. The van der Waals surface area contributed by atoms with E-state index in [9.17, 15) is 8.42 Å². The van der Waals surface area contributed by atoms with E-state index in [0.717, 1.165) is 5.75 Å². The Labute approximate surface area is 159 Å². The van der Waals surface area contributed by atoms with E-state index in [1.54, 1.807) is 36.4 Å². The molecule has 0 aliphatic heterocycles. The standard InChI is InChI=1S/C21H21NO4S/c1-16(2)25-19-12-14-21(15-13-19)27(23,24)22-17-8-10-20(11-9-17)26-18-6-4-3-5-7-18/h3-16,22H,1-2H3. The molecule has 0 aromatic heterocycles. The van der Waals surface area contributed by atoms with E-state index >= 15 is 0 Å². The van der Waals surface area contributed by atoms with Crippen LogP contribution in [-0.2, 0) is 10.0 Å². The highest BCUT2D eigenvalue weighted by Crippen LogP contribution is 2.24. The molecule has 27 heavy (non-hydrogen) atoms. The number of anilines is 1. The summed E-state index contributed by atoms with van der Waals surface area (Å²) in [6.07, 6.45) is 0.0298. The SMILES string of the molecule is CC(C)Oc1ccc(S(=O)(=O)Nc2ccc(Oc3ccccc3)cc2)cc1. The van der Waals surface area contributed by atoms with Gasteiger partial charge in [0.1, 0.15) is 17.2 Å². The van der Waals surface area contributed by atoms with Crippen LogP contribution in [0.25, 0.3) is 0 Å². The van der Waals surface area contributed by atoms with Crippen molar-refractivity contribution in [3.05, 3.63) is 78.9 Å². The van der Waals surface area contributed by atoms with Gasteiger partial charge in [0.2, 0.25) is 0 Å². The van der Waals surface area contributed by atoms with Crippen LogP contribution in [0, 0.1) is 0 Å². The first-order valence-electron chi connectivity index (χ1n) is 8.55. The van der Waals surface area contributed by atoms with Crippen LogP contribution < -0.4 is 14.2 Å². The average Bonchev–Trinajstić information content (AvgIpc) is 2.64. The molecular formula is C21H21NO4S. The molecule has 0 spiro atoms. The van der Waals surface area contributed by atoms with E-state index in [-0.39, 0.29) is 11.0 Å². The summed E-state index contributed by atoms with van der Waals surface area (Å²) in [7, 11) is -3.68. The van der Waals surface area contributed by atoms with Crippen LogP contribution in [0.1, 0.15) is 13.8 Å². The summed E-state index contributed by atoms with van der Waals surface area (Å²) >= 11 is 0. The molecule has 0 aliphatic carbocycles. The summed E-state index contributed by atoms with van der Waals surface area (Å²) < 4.78 is 38.9. The zero-order valence-corrected chi connectivity index (χ0v) is 15.9. The molecule has 0 saturated carbocycles. The monoisotopic (exact) mass is 383 g/mol. The van der Waals surface area contributed by atoms with Crippen molar-refractivity contribution in [2.45, 2.75) is 24.8 Å². The van der Waals surface area contributed by atoms with Crippen molar-refractivity contribution in [1.82, 2.24) is 0 Å². The highest BCUT2D eigenvalue weighted by molar-refractivity contribution is 7.92. The summed E-state index contributed by atoms with van der Waals surface area (Å²) in [5.41, 5.74) is 0.456. The van der Waals surface area contributed by atoms with Gasteiger partial charge in [0, 0.05) is 5.69 Å². The summed E-state index contributed by atoms with van der Waals surface area (Å²) in [6.45, 7) is 3.83. The second kappa shape index (κ2) is 8.14. The number of ether oxygens (including phenoxy) is 2. The number of hydrogen-bond acceptors (Lipinski definition) is 4. The van der Waals surface area contributed by atoms with E-state index < -0.39 is 10.0 Å². The van der Waals surface area contributed by atoms with E-state index in [0.29, 0.717) is 17.2 Å². The number of benzene rings is 3. The molecule has 0 atom stereocenters. The smallest absolute Gasteiger partial charge is 0.261 e. The molecule has 0 amide bonds. The molecule has 0 aliphatic rings. The van der Waals surface area contributed by atoms with Crippen molar-refractivity contribution in [2.75, 3.05) is 4.72 Å². The molecule has 6 heteroatoms. The van der Waals surface area contributed by atoms with Crippen molar-refractivity contribution >= 4 is 15.7 Å². The van der Waals surface area contributed by atoms with Crippen molar-refractivity contribution in [2.24, 2.45) is 0 Å². The third kappa shape index (κ3) is 5.24. The van der Waals surface area contributed by atoms with Gasteiger partial charge in [-0.1, -0.05) is 18.2 Å². The molecule has 0 bridgehead atoms. The Hall–Kier alpha value is -2.99. The van der Waals surface area contributed by atoms with Gasteiger partial charge < -0.3 is 9.47 Å². The van der Waals surface area contributed by atoms with Crippen LogP contribution >= 0.6 is 0 Å². The molecule has 0 heterocycles. The lowest BCUT2D eigenvalue weighted by Crippen LogP contribution is -2.13. The first kappa shape index (κ1) is 18.8. The van der Waals surface area contributed by atoms with Gasteiger partial charge in [0.15, 0.2) is 0 Å². The van der Waals surface area contributed by atoms with E-state index in [1.165, 1.54) is 12.1 Å². The maximum absolute atomic E-state index is 12.5. The highest BCUT2D eigenvalue weighted by Gasteiger charge is 2.14. The topological polar surface area (TPSA) is 64.6 Å². The molecule has 140 valence electrons. The Morgan fingerprint density at radius 1 is 0.741 bits per heavy atom. The Morgan fingerprint density at radius 3 is 1.89 bits per heavy atom. The zero-order valence-electron chi connectivity index (χ0n) is 15.1. The minimum atomic E-state index is -3.68. The lowest BCUT2D eigenvalue weighted by Gasteiger charge is -2.12. The molecule has 3 aromatic rings. The minimum Gasteiger partial charge on any atom is -0.491 e. The number of para-hydroxylation sites is 1. The van der Waals surface area contributed by atoms with Crippen molar-refractivity contribution in [3.63, 3.8) is 0 Å². The van der Waals surface area contributed by atoms with Gasteiger partial charge in [-0.05, 0) is 74.5 Å². The largest absolute Gasteiger partial charge is 0.491 e. The maximum Gasteiger partial charge on any atom is 0.261 e. The summed E-state index contributed by atoms with van der Waals surface area (Å²) in [4.78, 5) is 0.170. The average molecular weight is 383 g/mol. The molecule has 1 N–H and O–H groups in total. The van der Waals surface area contributed by atoms with Crippen LogP contribution in [0.3, 0.4) is 0 Å². The third-order valence-corrected chi connectivity index (χ3v) is 4.99. The Morgan fingerprint density at radius 2 is 1.30 bits per heavy atom. The Balaban J connectivity index is 1.68. The zero-order chi connectivity index (χ0) is 19.3. The minimum absolute atomic E-state index is 0.0298. The van der Waals surface area contributed by atoms with Gasteiger partial charge in [-0.2, -0.15) is 0 Å². The lowest BCUT2D eigenvalue weighted by atomic mass is 10.3. The molecule has 0 radical (unpaired) electrons. The van der Waals surface area contributed by atoms with E-state index in [4.69, 9.17) is 9.47 Å². The van der Waals surface area contributed by atoms with Crippen LogP contribution in [0.5, 0.6) is 17.2 Å². The van der Waals surface area contributed by atoms with E-state index in [1.807, 2.05) is 44.2 Å². The molecule has 3 aromatic carbocycles. The van der Waals surface area contributed by atoms with Crippen LogP contribution in [-0.4, -0.2) is 14.5 Å². The first-order chi connectivity index (χ1) is 12.9. The summed E-state index contributed by atoms with van der Waals surface area (Å²) in [5.74, 6) is 1.97. The molecular weight excluding hydrogens is 362 g/mol. The number of sulfonamides is 1. The van der Waals surface area contributed by atoms with Gasteiger partial charge in [0.05, 0.1) is 11.0 Å². The summed E-state index contributed by atoms with van der Waals surface area (Å²) in [5, 5.41) is 0. The van der Waals surface area contributed by atoms with Crippen molar-refractivity contribution < 1.29 is 17.9 Å². The summed E-state index contributed by atoms with van der Waals surface area (Å²) in [6, 6.07) is 22.5. The Kier molecular flexibility index (Phi) is 5.66. The van der Waals surface area contributed by atoms with Gasteiger partial charge in [-0.15, -0.1) is 0 Å². The normalized spacial score (nSPS) is 11.2. The fourth-order valence-corrected chi connectivity index (χ4v) is 3.46. The van der Waals surface area contributed by atoms with Crippen LogP contribution in [0.15, 0.2) is 83.8 Å². The predicted molar refractivity (Wildman–Crippen MR) is 106 cm³/mol. The van der Waals surface area contributed by atoms with Crippen molar-refractivity contribution in [1.29, 1.82) is 0 Å².